The minimum Gasteiger partial charge on any atom is -0.370 e. The van der Waals surface area contributed by atoms with Crippen LogP contribution in [0.5, 0.6) is 0 Å². The van der Waals surface area contributed by atoms with Gasteiger partial charge in [-0.05, 0) is 5.92 Å². The predicted octanol–water partition coefficient (Wildman–Crippen LogP) is 0.0847. The highest BCUT2D eigenvalue weighted by Crippen LogP contribution is 2.10. The van der Waals surface area contributed by atoms with Crippen LogP contribution in [0.1, 0.15) is 13.8 Å². The van der Waals surface area contributed by atoms with E-state index >= 15 is 0 Å². The molecule has 2 nitrogen and oxygen atoms in total. The van der Waals surface area contributed by atoms with Gasteiger partial charge in [-0.25, -0.2) is 0 Å². The van der Waals surface area contributed by atoms with Crippen LogP contribution in [0.25, 0.3) is 0 Å². The lowest BCUT2D eigenvalue weighted by Crippen LogP contribution is -2.22. The van der Waals surface area contributed by atoms with Gasteiger partial charge < -0.3 is 5.73 Å². The smallest absolute Gasteiger partial charge is 0.212 e. The second-order valence-corrected chi connectivity index (χ2v) is 2.17. The number of hydrogen-bond donors (Lipinski definition) is 1. The van der Waals surface area contributed by atoms with Crippen LogP contribution in [-0.2, 0) is 4.79 Å². The van der Waals surface area contributed by atoms with E-state index in [0.29, 0.717) is 0 Å². The van der Waals surface area contributed by atoms with E-state index in [1.807, 2.05) is 13.8 Å². The number of carbonyl (C=O) groups excluding carboxylic acids is 1. The van der Waals surface area contributed by atoms with E-state index < -0.39 is 11.7 Å². The van der Waals surface area contributed by atoms with Crippen molar-refractivity contribution in [1.82, 2.24) is 0 Å². The lowest BCUT2D eigenvalue weighted by Gasteiger charge is -2.09. The maximum Gasteiger partial charge on any atom is 0.212 e. The maximum atomic E-state index is 10.2. The maximum absolute atomic E-state index is 10.2. The lowest BCUT2D eigenvalue weighted by molar-refractivity contribution is -0.118. The third kappa shape index (κ3) is 2.00. The van der Waals surface area contributed by atoms with E-state index in [1.165, 1.54) is 0 Å². The van der Waals surface area contributed by atoms with Crippen molar-refractivity contribution in [2.75, 3.05) is 0 Å². The molecule has 0 saturated carbocycles. The Hall–Kier alpha value is -0.465. The Kier molecular flexibility index (Phi) is 2.59. The number of rotatable bonds is 2. The lowest BCUT2D eigenvalue weighted by atomic mass is 9.78. The van der Waals surface area contributed by atoms with E-state index in [9.17, 15) is 4.79 Å². The summed E-state index contributed by atoms with van der Waals surface area (Å²) in [6, 6.07) is 0. The van der Waals surface area contributed by atoms with Gasteiger partial charge in [0, 0.05) is 5.82 Å². The van der Waals surface area contributed by atoms with E-state index in [4.69, 9.17) is 13.6 Å². The van der Waals surface area contributed by atoms with Crippen LogP contribution < -0.4 is 5.73 Å². The molecule has 0 aliphatic heterocycles. The third-order valence-corrected chi connectivity index (χ3v) is 1.05. The fraction of sp³-hybridized carbons (Fsp3) is 0.800. The summed E-state index contributed by atoms with van der Waals surface area (Å²) in [5, 5.41) is 0. The van der Waals surface area contributed by atoms with Gasteiger partial charge >= 0.3 is 0 Å². The van der Waals surface area contributed by atoms with Crippen LogP contribution in [-0.4, -0.2) is 13.8 Å². The van der Waals surface area contributed by atoms with Crippen molar-refractivity contribution in [3.63, 3.8) is 0 Å². The third-order valence-electron chi connectivity index (χ3n) is 1.05. The normalized spacial score (nSPS) is 13.9. The largest absolute Gasteiger partial charge is 0.370 e. The topological polar surface area (TPSA) is 43.1 Å². The minimum absolute atomic E-state index is 0.146. The number of amides is 1. The summed E-state index contributed by atoms with van der Waals surface area (Å²) in [7, 11) is 5.28. The van der Waals surface area contributed by atoms with Crippen molar-refractivity contribution in [2.24, 2.45) is 11.7 Å². The minimum atomic E-state index is -0.491. The van der Waals surface area contributed by atoms with Crippen LogP contribution >= 0.6 is 0 Å². The molecular formula is C5H10BNO. The summed E-state index contributed by atoms with van der Waals surface area (Å²) in [6.45, 7) is 3.71. The van der Waals surface area contributed by atoms with Gasteiger partial charge in [-0.1, -0.05) is 13.8 Å². The Morgan fingerprint density at radius 1 is 1.62 bits per heavy atom. The first-order valence-corrected chi connectivity index (χ1v) is 2.60. The van der Waals surface area contributed by atoms with Crippen LogP contribution in [0.2, 0.25) is 5.82 Å². The molecule has 1 unspecified atom stereocenters. The average molecular weight is 111 g/mol. The van der Waals surface area contributed by atoms with Crippen molar-refractivity contribution >= 4 is 13.8 Å². The van der Waals surface area contributed by atoms with Gasteiger partial charge in [0.15, 0.2) is 0 Å². The molecule has 0 aliphatic carbocycles. The van der Waals surface area contributed by atoms with E-state index in [2.05, 4.69) is 0 Å². The molecule has 1 amide bonds. The van der Waals surface area contributed by atoms with Crippen LogP contribution in [0, 0.1) is 5.92 Å². The van der Waals surface area contributed by atoms with Crippen LogP contribution in [0.4, 0.5) is 0 Å². The fourth-order valence-corrected chi connectivity index (χ4v) is 0.329. The van der Waals surface area contributed by atoms with Crippen molar-refractivity contribution in [3.05, 3.63) is 0 Å². The molecule has 2 N–H and O–H groups in total. The second kappa shape index (κ2) is 2.75. The van der Waals surface area contributed by atoms with Gasteiger partial charge in [0.05, 0.1) is 7.85 Å². The van der Waals surface area contributed by atoms with Crippen molar-refractivity contribution < 1.29 is 4.79 Å². The molecule has 2 radical (unpaired) electrons. The Labute approximate surface area is 50.9 Å². The zero-order chi connectivity index (χ0) is 6.73. The first-order valence-electron chi connectivity index (χ1n) is 2.60. The summed E-state index contributed by atoms with van der Waals surface area (Å²) in [4.78, 5) is 10.2. The molecule has 0 rings (SSSR count). The molecule has 0 aromatic heterocycles. The van der Waals surface area contributed by atoms with Crippen molar-refractivity contribution in [1.29, 1.82) is 0 Å². The highest BCUT2D eigenvalue weighted by atomic mass is 16.1. The molecule has 0 aliphatic rings. The first-order chi connectivity index (χ1) is 3.55. The standard InChI is InChI=1S/C5H10BNO/c1-3(2)4(6)5(7)8/h3-4H,1-2H3,(H2,7,8). The molecular weight excluding hydrogens is 101 g/mol. The second-order valence-electron chi connectivity index (χ2n) is 2.17. The predicted molar refractivity (Wildman–Crippen MR) is 33.5 cm³/mol. The van der Waals surface area contributed by atoms with Gasteiger partial charge in [-0.15, -0.1) is 0 Å². The summed E-state index contributed by atoms with van der Waals surface area (Å²) >= 11 is 0. The molecule has 0 fully saturated rings. The molecule has 8 heavy (non-hydrogen) atoms. The summed E-state index contributed by atoms with van der Waals surface area (Å²) in [5.41, 5.74) is 4.87. The van der Waals surface area contributed by atoms with Gasteiger partial charge in [-0.2, -0.15) is 0 Å². The van der Waals surface area contributed by atoms with E-state index in [1.54, 1.807) is 0 Å². The molecule has 0 heterocycles. The molecule has 0 spiro atoms. The van der Waals surface area contributed by atoms with Crippen LogP contribution in [0.15, 0.2) is 0 Å². The Morgan fingerprint density at radius 3 is 2.00 bits per heavy atom. The molecule has 44 valence electrons. The Morgan fingerprint density at radius 2 is 2.00 bits per heavy atom. The zero-order valence-corrected chi connectivity index (χ0v) is 5.22. The molecule has 0 saturated heterocycles. The van der Waals surface area contributed by atoms with Crippen molar-refractivity contribution in [3.8, 4) is 0 Å². The fourth-order valence-electron chi connectivity index (χ4n) is 0.329. The monoisotopic (exact) mass is 111 g/mol. The molecule has 1 atom stereocenters. The van der Waals surface area contributed by atoms with E-state index in [-0.39, 0.29) is 5.92 Å². The van der Waals surface area contributed by atoms with Gasteiger partial charge in [0.2, 0.25) is 5.91 Å². The molecule has 3 heteroatoms. The Balaban J connectivity index is 3.64. The van der Waals surface area contributed by atoms with E-state index in [0.717, 1.165) is 0 Å². The van der Waals surface area contributed by atoms with Crippen LogP contribution in [0.3, 0.4) is 0 Å². The zero-order valence-electron chi connectivity index (χ0n) is 5.22. The van der Waals surface area contributed by atoms with Gasteiger partial charge in [0.25, 0.3) is 0 Å². The highest BCUT2D eigenvalue weighted by molar-refractivity contribution is 6.23. The van der Waals surface area contributed by atoms with Crippen molar-refractivity contribution in [2.45, 2.75) is 19.7 Å². The quantitative estimate of drug-likeness (QED) is 0.504. The molecule has 0 aromatic carbocycles. The number of carbonyl (C=O) groups is 1. The average Bonchev–Trinajstić information content (AvgIpc) is 1.64. The first kappa shape index (κ1) is 7.53. The SMILES string of the molecule is [B]C(C(N)=O)C(C)C. The summed E-state index contributed by atoms with van der Waals surface area (Å²) < 4.78 is 0. The Bertz CT molecular complexity index is 92.4. The molecule has 0 bridgehead atoms. The summed E-state index contributed by atoms with van der Waals surface area (Å²) in [5.74, 6) is -0.775. The van der Waals surface area contributed by atoms with Gasteiger partial charge in [0.1, 0.15) is 0 Å². The molecule has 0 aromatic rings. The number of primary amides is 1. The number of hydrogen-bond acceptors (Lipinski definition) is 1. The highest BCUT2D eigenvalue weighted by Gasteiger charge is 2.10. The summed E-state index contributed by atoms with van der Waals surface area (Å²) in [6.07, 6.45) is 0. The van der Waals surface area contributed by atoms with Gasteiger partial charge in [-0.3, -0.25) is 4.79 Å². The number of nitrogens with two attached hydrogens (primary N) is 1.